The molecule has 1 fully saturated rings. The number of sulfonamides is 1. The van der Waals surface area contributed by atoms with Gasteiger partial charge < -0.3 is 9.64 Å². The summed E-state index contributed by atoms with van der Waals surface area (Å²) < 4.78 is 33.2. The maximum Gasteiger partial charge on any atom is 0.261 e. The molecule has 0 saturated carbocycles. The van der Waals surface area contributed by atoms with Crippen LogP contribution in [0, 0.1) is 0 Å². The van der Waals surface area contributed by atoms with E-state index in [2.05, 4.69) is 4.72 Å². The van der Waals surface area contributed by atoms with E-state index in [1.165, 1.54) is 23.9 Å². The minimum absolute atomic E-state index is 0.0655. The maximum atomic E-state index is 12.9. The molecule has 0 unspecified atom stereocenters. The Bertz CT molecular complexity index is 879. The van der Waals surface area contributed by atoms with Crippen molar-refractivity contribution in [1.29, 1.82) is 0 Å². The molecule has 1 saturated heterocycles. The second-order valence-electron chi connectivity index (χ2n) is 5.74. The molecule has 26 heavy (non-hydrogen) atoms. The Labute approximate surface area is 157 Å². The number of nitrogens with zero attached hydrogens (tertiary/aromatic N) is 1. The lowest BCUT2D eigenvalue weighted by Gasteiger charge is -2.27. The van der Waals surface area contributed by atoms with Crippen LogP contribution in [-0.4, -0.2) is 51.8 Å². The van der Waals surface area contributed by atoms with E-state index in [0.29, 0.717) is 37.6 Å². The number of amides is 1. The van der Waals surface area contributed by atoms with Crippen molar-refractivity contribution >= 4 is 33.4 Å². The van der Waals surface area contributed by atoms with Crippen LogP contribution in [0.4, 0.5) is 5.69 Å². The molecule has 1 aliphatic heterocycles. The number of anilines is 1. The van der Waals surface area contributed by atoms with Crippen LogP contribution in [-0.2, 0) is 14.8 Å². The Morgan fingerprint density at radius 2 is 1.81 bits per heavy atom. The Morgan fingerprint density at radius 1 is 1.12 bits per heavy atom. The van der Waals surface area contributed by atoms with E-state index in [1.807, 2.05) is 12.3 Å². The molecule has 138 valence electrons. The van der Waals surface area contributed by atoms with E-state index in [-0.39, 0.29) is 10.8 Å². The molecule has 0 aromatic heterocycles. The molecule has 1 N–H and O–H groups in total. The van der Waals surface area contributed by atoms with Crippen LogP contribution in [0.2, 0.25) is 0 Å². The number of carbonyl (C=O) groups excluding carboxylic acids is 1. The fourth-order valence-corrected chi connectivity index (χ4v) is 4.33. The summed E-state index contributed by atoms with van der Waals surface area (Å²) in [7, 11) is -3.78. The highest BCUT2D eigenvalue weighted by Crippen LogP contribution is 2.26. The molecule has 0 atom stereocenters. The van der Waals surface area contributed by atoms with Gasteiger partial charge in [0.25, 0.3) is 15.9 Å². The molecule has 0 radical (unpaired) electrons. The first-order valence-corrected chi connectivity index (χ1v) is 10.8. The Balaban J connectivity index is 1.92. The van der Waals surface area contributed by atoms with Crippen LogP contribution in [0.1, 0.15) is 10.4 Å². The smallest absolute Gasteiger partial charge is 0.261 e. The van der Waals surface area contributed by atoms with Crippen molar-refractivity contribution in [3.05, 3.63) is 54.1 Å². The highest BCUT2D eigenvalue weighted by atomic mass is 32.2. The molecule has 2 aromatic rings. The quantitative estimate of drug-likeness (QED) is 0.792. The largest absolute Gasteiger partial charge is 0.378 e. The van der Waals surface area contributed by atoms with E-state index in [1.54, 1.807) is 35.2 Å². The first-order chi connectivity index (χ1) is 12.5. The van der Waals surface area contributed by atoms with Crippen LogP contribution in [0.15, 0.2) is 58.3 Å². The predicted molar refractivity (Wildman–Crippen MR) is 102 cm³/mol. The first kappa shape index (κ1) is 18.8. The summed E-state index contributed by atoms with van der Waals surface area (Å²) in [6.45, 7) is 2.00. The van der Waals surface area contributed by atoms with Crippen molar-refractivity contribution in [3.63, 3.8) is 0 Å². The monoisotopic (exact) mass is 392 g/mol. The zero-order chi connectivity index (χ0) is 18.6. The summed E-state index contributed by atoms with van der Waals surface area (Å²) in [6.07, 6.45) is 1.86. The summed E-state index contributed by atoms with van der Waals surface area (Å²) >= 11 is 1.42. The Kier molecular flexibility index (Phi) is 5.85. The summed E-state index contributed by atoms with van der Waals surface area (Å²) in [5, 5.41) is 0. The molecular weight excluding hydrogens is 372 g/mol. The molecule has 2 aromatic carbocycles. The van der Waals surface area contributed by atoms with Crippen LogP contribution in [0.5, 0.6) is 0 Å². The highest BCUT2D eigenvalue weighted by Gasteiger charge is 2.24. The third kappa shape index (κ3) is 4.20. The van der Waals surface area contributed by atoms with Gasteiger partial charge >= 0.3 is 0 Å². The Hall–Kier alpha value is -2.03. The first-order valence-electron chi connectivity index (χ1n) is 8.14. The van der Waals surface area contributed by atoms with E-state index in [9.17, 15) is 13.2 Å². The molecule has 1 heterocycles. The lowest BCUT2D eigenvalue weighted by molar-refractivity contribution is 0.0300. The number of para-hydroxylation sites is 1. The summed E-state index contributed by atoms with van der Waals surface area (Å²) in [5.74, 6) is -0.172. The van der Waals surface area contributed by atoms with Gasteiger partial charge in [-0.2, -0.15) is 0 Å². The van der Waals surface area contributed by atoms with Gasteiger partial charge in [-0.15, -0.1) is 11.8 Å². The fraction of sp³-hybridized carbons (Fsp3) is 0.278. The van der Waals surface area contributed by atoms with Crippen LogP contribution in [0.25, 0.3) is 0 Å². The van der Waals surface area contributed by atoms with Crippen molar-refractivity contribution in [2.24, 2.45) is 0 Å². The second kappa shape index (κ2) is 8.11. The van der Waals surface area contributed by atoms with Crippen LogP contribution < -0.4 is 4.72 Å². The number of nitrogens with one attached hydrogen (secondary N) is 1. The molecule has 3 rings (SSSR count). The Morgan fingerprint density at radius 3 is 2.46 bits per heavy atom. The van der Waals surface area contributed by atoms with Gasteiger partial charge in [0.1, 0.15) is 0 Å². The average Bonchev–Trinajstić information content (AvgIpc) is 2.68. The zero-order valence-electron chi connectivity index (χ0n) is 14.3. The summed E-state index contributed by atoms with van der Waals surface area (Å²) in [5.41, 5.74) is 0.873. The van der Waals surface area contributed by atoms with Crippen molar-refractivity contribution in [3.8, 4) is 0 Å². The lowest BCUT2D eigenvalue weighted by Crippen LogP contribution is -2.40. The predicted octanol–water partition coefficient (Wildman–Crippen LogP) is 2.68. The number of carbonyl (C=O) groups is 1. The van der Waals surface area contributed by atoms with Crippen LogP contribution >= 0.6 is 11.8 Å². The summed E-state index contributed by atoms with van der Waals surface area (Å²) in [4.78, 5) is 15.4. The minimum Gasteiger partial charge on any atom is -0.378 e. The van der Waals surface area contributed by atoms with Gasteiger partial charge in [-0.3, -0.25) is 9.52 Å². The van der Waals surface area contributed by atoms with Crippen molar-refractivity contribution in [1.82, 2.24) is 4.90 Å². The number of hydrogen-bond acceptors (Lipinski definition) is 5. The number of rotatable bonds is 5. The molecule has 1 amide bonds. The zero-order valence-corrected chi connectivity index (χ0v) is 16.0. The number of thioether (sulfide) groups is 1. The number of benzene rings is 2. The average molecular weight is 393 g/mol. The molecule has 0 bridgehead atoms. The topological polar surface area (TPSA) is 75.7 Å². The number of morpholine rings is 1. The van der Waals surface area contributed by atoms with Crippen molar-refractivity contribution in [2.75, 3.05) is 37.3 Å². The standard InChI is InChI=1S/C18H20N2O4S2/c1-25-17-8-7-15(26(22,23)19-14-5-3-2-4-6-14)13-16(17)18(21)20-9-11-24-12-10-20/h2-8,13,19H,9-12H2,1H3. The molecular formula is C18H20N2O4S2. The normalized spacial score (nSPS) is 14.9. The highest BCUT2D eigenvalue weighted by molar-refractivity contribution is 7.98. The van der Waals surface area contributed by atoms with Crippen molar-refractivity contribution < 1.29 is 17.9 Å². The van der Waals surface area contributed by atoms with Gasteiger partial charge in [0, 0.05) is 23.7 Å². The fourth-order valence-electron chi connectivity index (χ4n) is 2.68. The van der Waals surface area contributed by atoms with E-state index in [0.717, 1.165) is 4.90 Å². The van der Waals surface area contributed by atoms with E-state index >= 15 is 0 Å². The minimum atomic E-state index is -3.78. The third-order valence-corrected chi connectivity index (χ3v) is 6.21. The number of hydrogen-bond donors (Lipinski definition) is 1. The molecule has 0 spiro atoms. The molecule has 8 heteroatoms. The van der Waals surface area contributed by atoms with E-state index in [4.69, 9.17) is 4.74 Å². The molecule has 6 nitrogen and oxygen atoms in total. The second-order valence-corrected chi connectivity index (χ2v) is 8.27. The molecule has 1 aliphatic rings. The summed E-state index contributed by atoms with van der Waals surface area (Å²) in [6, 6.07) is 13.3. The molecule has 0 aliphatic carbocycles. The maximum absolute atomic E-state index is 12.9. The van der Waals surface area contributed by atoms with Crippen molar-refractivity contribution in [2.45, 2.75) is 9.79 Å². The van der Waals surface area contributed by atoms with Gasteiger partial charge in [-0.25, -0.2) is 8.42 Å². The van der Waals surface area contributed by atoms with Gasteiger partial charge in [-0.05, 0) is 36.6 Å². The van der Waals surface area contributed by atoms with Gasteiger partial charge in [0.05, 0.1) is 23.7 Å². The third-order valence-electron chi connectivity index (χ3n) is 4.04. The number of ether oxygens (including phenoxy) is 1. The lowest BCUT2D eigenvalue weighted by atomic mass is 10.2. The van der Waals surface area contributed by atoms with Gasteiger partial charge in [-0.1, -0.05) is 18.2 Å². The van der Waals surface area contributed by atoms with Gasteiger partial charge in [0.2, 0.25) is 0 Å². The SMILES string of the molecule is CSc1ccc(S(=O)(=O)Nc2ccccc2)cc1C(=O)N1CCOCC1. The van der Waals surface area contributed by atoms with Crippen LogP contribution in [0.3, 0.4) is 0 Å². The van der Waals surface area contributed by atoms with E-state index < -0.39 is 10.0 Å². The van der Waals surface area contributed by atoms with Gasteiger partial charge in [0.15, 0.2) is 0 Å².